The minimum absolute atomic E-state index is 0.124. The Hall–Kier alpha value is -4.31. The molecule has 1 atom stereocenters. The molecule has 0 saturated carbocycles. The van der Waals surface area contributed by atoms with E-state index in [9.17, 15) is 14.0 Å². The number of carbonyl (C=O) groups is 2. The lowest BCUT2D eigenvalue weighted by Gasteiger charge is -2.45. The SMILES string of the molecule is CCOC(=O)c1cn(CCCN2CN(c3ccc(F)cc3)C3(CCN([C@H]4Cc5cccc6cccc4c56)CC3)C2=O)nn1. The van der Waals surface area contributed by atoms with Crippen LogP contribution in [-0.4, -0.2) is 75.1 Å². The van der Waals surface area contributed by atoms with Gasteiger partial charge in [-0.2, -0.15) is 0 Å². The Kier molecular flexibility index (Phi) is 7.09. The van der Waals surface area contributed by atoms with Gasteiger partial charge in [-0.15, -0.1) is 5.10 Å². The van der Waals surface area contributed by atoms with E-state index < -0.39 is 11.5 Å². The van der Waals surface area contributed by atoms with E-state index in [1.807, 2.05) is 4.90 Å². The van der Waals surface area contributed by atoms with Crippen LogP contribution in [0.15, 0.2) is 66.9 Å². The van der Waals surface area contributed by atoms with E-state index in [0.29, 0.717) is 45.1 Å². The zero-order valence-electron chi connectivity index (χ0n) is 24.3. The molecule has 0 unspecified atom stereocenters. The zero-order chi connectivity index (χ0) is 29.6. The second kappa shape index (κ2) is 11.1. The lowest BCUT2D eigenvalue weighted by atomic mass is 9.84. The number of hydrogen-bond acceptors (Lipinski definition) is 7. The number of ether oxygens (including phenoxy) is 1. The summed E-state index contributed by atoms with van der Waals surface area (Å²) in [7, 11) is 0. The number of anilines is 1. The van der Waals surface area contributed by atoms with Crippen molar-refractivity contribution in [3.05, 3.63) is 89.5 Å². The van der Waals surface area contributed by atoms with Gasteiger partial charge in [-0.25, -0.2) is 9.18 Å². The Labute approximate surface area is 249 Å². The lowest BCUT2D eigenvalue weighted by molar-refractivity contribution is -0.133. The van der Waals surface area contributed by atoms with E-state index in [1.54, 1.807) is 29.9 Å². The van der Waals surface area contributed by atoms with E-state index in [2.05, 4.69) is 56.5 Å². The van der Waals surface area contributed by atoms with Crippen LogP contribution in [0.2, 0.25) is 0 Å². The van der Waals surface area contributed by atoms with Crippen LogP contribution in [0.3, 0.4) is 0 Å². The van der Waals surface area contributed by atoms with Gasteiger partial charge >= 0.3 is 5.97 Å². The number of aromatic nitrogens is 3. The number of hydrogen-bond donors (Lipinski definition) is 0. The number of carbonyl (C=O) groups excluding carboxylic acids is 2. The first kappa shape index (κ1) is 27.5. The molecule has 9 nitrogen and oxygen atoms in total. The molecule has 0 radical (unpaired) electrons. The molecule has 1 amide bonds. The maximum Gasteiger partial charge on any atom is 0.360 e. The first-order chi connectivity index (χ1) is 21.0. The summed E-state index contributed by atoms with van der Waals surface area (Å²) in [6.07, 6.45) is 4.63. The van der Waals surface area contributed by atoms with E-state index in [0.717, 1.165) is 25.2 Å². The third-order valence-electron chi connectivity index (χ3n) is 9.35. The Morgan fingerprint density at radius 1 is 1.05 bits per heavy atom. The van der Waals surface area contributed by atoms with Gasteiger partial charge in [0.05, 0.1) is 19.5 Å². The van der Waals surface area contributed by atoms with Gasteiger partial charge in [-0.1, -0.05) is 41.6 Å². The largest absolute Gasteiger partial charge is 0.461 e. The van der Waals surface area contributed by atoms with Gasteiger partial charge in [0.2, 0.25) is 5.91 Å². The highest BCUT2D eigenvalue weighted by Crippen LogP contribution is 2.45. The fourth-order valence-electron chi connectivity index (χ4n) is 7.26. The maximum absolute atomic E-state index is 14.2. The average molecular weight is 583 g/mol. The molecular weight excluding hydrogens is 547 g/mol. The quantitative estimate of drug-likeness (QED) is 0.282. The Morgan fingerprint density at radius 2 is 1.81 bits per heavy atom. The van der Waals surface area contributed by atoms with E-state index in [-0.39, 0.29) is 24.0 Å². The standard InChI is InChI=1S/C33H35FN6O3/c1-2-43-31(41)28-21-39(36-35-28)17-5-16-38-22-40(26-12-10-25(34)11-13-26)33(32(38)42)14-18-37(19-15-33)29-20-24-8-3-6-23-7-4-9-27(29)30(23)24/h3-4,6-13,21,29H,2,5,14-20,22H2,1H3/t29-/m0/s1. The Morgan fingerprint density at radius 3 is 2.58 bits per heavy atom. The van der Waals surface area contributed by atoms with Crippen molar-refractivity contribution >= 4 is 28.3 Å². The van der Waals surface area contributed by atoms with Crippen molar-refractivity contribution in [2.24, 2.45) is 0 Å². The topological polar surface area (TPSA) is 83.8 Å². The van der Waals surface area contributed by atoms with Crippen molar-refractivity contribution in [2.75, 3.05) is 37.8 Å². The van der Waals surface area contributed by atoms with Crippen molar-refractivity contribution in [1.82, 2.24) is 24.8 Å². The minimum Gasteiger partial charge on any atom is -0.461 e. The molecule has 7 rings (SSSR count). The zero-order valence-corrected chi connectivity index (χ0v) is 24.3. The highest BCUT2D eigenvalue weighted by molar-refractivity contribution is 5.94. The fraction of sp³-hybridized carbons (Fsp3) is 0.394. The van der Waals surface area contributed by atoms with Gasteiger partial charge in [0.15, 0.2) is 5.69 Å². The van der Waals surface area contributed by atoms with Crippen LogP contribution in [0.1, 0.15) is 53.8 Å². The summed E-state index contributed by atoms with van der Waals surface area (Å²) in [6, 6.07) is 20.0. The Bertz CT molecular complexity index is 1660. The maximum atomic E-state index is 14.2. The number of rotatable bonds is 8. The molecule has 10 heteroatoms. The highest BCUT2D eigenvalue weighted by Gasteiger charge is 2.54. The third-order valence-corrected chi connectivity index (χ3v) is 9.35. The number of likely N-dealkylation sites (tertiary alicyclic amines) is 1. The van der Waals surface area contributed by atoms with Crippen LogP contribution in [0, 0.1) is 5.82 Å². The van der Waals surface area contributed by atoms with Crippen molar-refractivity contribution in [3.63, 3.8) is 0 Å². The number of halogens is 1. The van der Waals surface area contributed by atoms with E-state index >= 15 is 0 Å². The second-order valence-electron chi connectivity index (χ2n) is 11.7. The van der Waals surface area contributed by atoms with Crippen molar-refractivity contribution in [3.8, 4) is 0 Å². The molecule has 1 spiro atoms. The predicted octanol–water partition coefficient (Wildman–Crippen LogP) is 4.58. The lowest BCUT2D eigenvalue weighted by Crippen LogP contribution is -2.57. The molecule has 2 fully saturated rings. The number of esters is 1. The summed E-state index contributed by atoms with van der Waals surface area (Å²) < 4.78 is 20.5. The summed E-state index contributed by atoms with van der Waals surface area (Å²) in [4.78, 5) is 32.8. The molecule has 3 heterocycles. The van der Waals surface area contributed by atoms with Crippen LogP contribution >= 0.6 is 0 Å². The van der Waals surface area contributed by atoms with Gasteiger partial charge in [0.25, 0.3) is 0 Å². The van der Waals surface area contributed by atoms with Crippen LogP contribution in [-0.2, 0) is 22.5 Å². The average Bonchev–Trinajstić information content (AvgIpc) is 3.72. The number of benzene rings is 3. The number of nitrogens with zero attached hydrogens (tertiary/aromatic N) is 6. The molecule has 4 aromatic rings. The van der Waals surface area contributed by atoms with Crippen molar-refractivity contribution in [2.45, 2.75) is 50.7 Å². The molecule has 2 saturated heterocycles. The van der Waals surface area contributed by atoms with Crippen LogP contribution < -0.4 is 4.90 Å². The summed E-state index contributed by atoms with van der Waals surface area (Å²) in [5.74, 6) is -0.663. The molecule has 0 bridgehead atoms. The predicted molar refractivity (Wildman–Crippen MR) is 160 cm³/mol. The highest BCUT2D eigenvalue weighted by atomic mass is 19.1. The number of amides is 1. The molecule has 3 aliphatic rings. The van der Waals surface area contributed by atoms with Crippen molar-refractivity contribution < 1.29 is 18.7 Å². The molecule has 1 aromatic heterocycles. The normalized spacial score (nSPS) is 19.6. The van der Waals surface area contributed by atoms with Gasteiger partial charge in [-0.3, -0.25) is 14.4 Å². The number of piperidine rings is 1. The van der Waals surface area contributed by atoms with Crippen molar-refractivity contribution in [1.29, 1.82) is 0 Å². The van der Waals surface area contributed by atoms with Crippen LogP contribution in [0.25, 0.3) is 10.8 Å². The number of aryl methyl sites for hydroxylation is 1. The van der Waals surface area contributed by atoms with Gasteiger partial charge in [-0.05, 0) is 78.8 Å². The fourth-order valence-corrected chi connectivity index (χ4v) is 7.26. The molecule has 222 valence electrons. The molecule has 3 aromatic carbocycles. The van der Waals surface area contributed by atoms with Gasteiger partial charge in [0.1, 0.15) is 11.4 Å². The second-order valence-corrected chi connectivity index (χ2v) is 11.7. The molecule has 0 N–H and O–H groups in total. The minimum atomic E-state index is -0.671. The molecule has 2 aliphatic heterocycles. The van der Waals surface area contributed by atoms with E-state index in [4.69, 9.17) is 4.74 Å². The first-order valence-corrected chi connectivity index (χ1v) is 15.1. The summed E-state index contributed by atoms with van der Waals surface area (Å²) >= 11 is 0. The summed E-state index contributed by atoms with van der Waals surface area (Å²) in [6.45, 7) is 5.14. The summed E-state index contributed by atoms with van der Waals surface area (Å²) in [5, 5.41) is 10.6. The molecular formula is C33H35FN6O3. The smallest absolute Gasteiger partial charge is 0.360 e. The first-order valence-electron chi connectivity index (χ1n) is 15.1. The monoisotopic (exact) mass is 582 g/mol. The van der Waals surface area contributed by atoms with Gasteiger partial charge < -0.3 is 14.5 Å². The van der Waals surface area contributed by atoms with E-state index in [1.165, 1.54) is 34.0 Å². The summed E-state index contributed by atoms with van der Waals surface area (Å²) in [5.41, 5.74) is 3.15. The third kappa shape index (κ3) is 4.83. The Balaban J connectivity index is 1.07. The molecule has 43 heavy (non-hydrogen) atoms. The van der Waals surface area contributed by atoms with Crippen LogP contribution in [0.4, 0.5) is 10.1 Å². The van der Waals surface area contributed by atoms with Gasteiger partial charge in [0, 0.05) is 37.9 Å². The molecule has 1 aliphatic carbocycles. The van der Waals surface area contributed by atoms with Crippen LogP contribution in [0.5, 0.6) is 0 Å².